The molecule has 3 aliphatic rings. The summed E-state index contributed by atoms with van der Waals surface area (Å²) in [5.41, 5.74) is 2.99. The molecule has 0 saturated carbocycles. The van der Waals surface area contributed by atoms with Crippen molar-refractivity contribution in [2.24, 2.45) is 0 Å². The second-order valence-electron chi connectivity index (χ2n) is 7.98. The molecule has 2 amide bonds. The number of carbonyl (C=O) groups is 2. The Morgan fingerprint density at radius 3 is 2.47 bits per heavy atom. The molecule has 1 saturated heterocycles. The van der Waals surface area contributed by atoms with Crippen molar-refractivity contribution < 1.29 is 19.1 Å². The van der Waals surface area contributed by atoms with Crippen molar-refractivity contribution in [3.63, 3.8) is 0 Å². The first-order valence-electron chi connectivity index (χ1n) is 10.3. The molecule has 0 aliphatic carbocycles. The number of anilines is 1. The first kappa shape index (κ1) is 19.6. The third-order valence-corrected chi connectivity index (χ3v) is 6.73. The molecule has 2 atom stereocenters. The van der Waals surface area contributed by atoms with Crippen LogP contribution in [0.25, 0.3) is 0 Å². The Hall–Kier alpha value is -2.38. The highest BCUT2D eigenvalue weighted by atomic mass is 79.9. The van der Waals surface area contributed by atoms with Crippen molar-refractivity contribution in [3.8, 4) is 11.5 Å². The van der Waals surface area contributed by atoms with Crippen molar-refractivity contribution in [3.05, 3.63) is 52.0 Å². The van der Waals surface area contributed by atoms with Crippen LogP contribution in [0, 0.1) is 0 Å². The number of rotatable bonds is 2. The Morgan fingerprint density at radius 1 is 1.03 bits per heavy atom. The van der Waals surface area contributed by atoms with E-state index in [-0.39, 0.29) is 24.3 Å². The standard InChI is InChI=1S/C23H23BrN2O4/c1-14-18-12-21-20(29-9-2-10-30-21)11-15(18)7-8-25(14)19-13-22(27)26(23(19)28)17-5-3-16(24)4-6-17/h3-6,11-12,14,19H,2,7-10,13H2,1H3/t14-,19-/m1/s1. The summed E-state index contributed by atoms with van der Waals surface area (Å²) in [6, 6.07) is 11.0. The molecule has 3 heterocycles. The highest BCUT2D eigenvalue weighted by Gasteiger charge is 2.45. The van der Waals surface area contributed by atoms with Gasteiger partial charge in [-0.05, 0) is 60.9 Å². The topological polar surface area (TPSA) is 59.1 Å². The average molecular weight is 471 g/mol. The van der Waals surface area contributed by atoms with E-state index in [1.54, 1.807) is 12.1 Å². The van der Waals surface area contributed by atoms with E-state index in [0.29, 0.717) is 18.9 Å². The number of halogens is 1. The molecule has 156 valence electrons. The van der Waals surface area contributed by atoms with Crippen molar-refractivity contribution >= 4 is 33.4 Å². The van der Waals surface area contributed by atoms with Crippen molar-refractivity contribution in [2.45, 2.75) is 38.3 Å². The van der Waals surface area contributed by atoms with Crippen LogP contribution in [-0.2, 0) is 16.0 Å². The van der Waals surface area contributed by atoms with Crippen LogP contribution >= 0.6 is 15.9 Å². The minimum absolute atomic E-state index is 0.0116. The quantitative estimate of drug-likeness (QED) is 0.623. The molecule has 0 spiro atoms. The van der Waals surface area contributed by atoms with Crippen LogP contribution in [-0.4, -0.2) is 42.5 Å². The highest BCUT2D eigenvalue weighted by Crippen LogP contribution is 2.41. The lowest BCUT2D eigenvalue weighted by molar-refractivity contribution is -0.123. The summed E-state index contributed by atoms with van der Waals surface area (Å²) in [5.74, 6) is 1.28. The maximum atomic E-state index is 13.2. The summed E-state index contributed by atoms with van der Waals surface area (Å²) in [6.07, 6.45) is 1.89. The SMILES string of the molecule is C[C@@H]1c2cc3c(cc2CCN1[C@@H]1CC(=O)N(c2ccc(Br)cc2)C1=O)OCCCO3. The number of carbonyl (C=O) groups excluding carboxylic acids is 2. The number of fused-ring (bicyclic) bond motifs is 2. The molecule has 1 fully saturated rings. The molecule has 0 aromatic heterocycles. The van der Waals surface area contributed by atoms with Gasteiger partial charge in [-0.1, -0.05) is 15.9 Å². The maximum absolute atomic E-state index is 13.2. The Kier molecular flexibility index (Phi) is 5.03. The fourth-order valence-electron chi connectivity index (χ4n) is 4.66. The molecule has 0 N–H and O–H groups in total. The summed E-state index contributed by atoms with van der Waals surface area (Å²) >= 11 is 3.40. The van der Waals surface area contributed by atoms with Gasteiger partial charge in [0.2, 0.25) is 5.91 Å². The Balaban J connectivity index is 1.42. The largest absolute Gasteiger partial charge is 0.490 e. The van der Waals surface area contributed by atoms with E-state index in [0.717, 1.165) is 40.9 Å². The number of benzene rings is 2. The fraction of sp³-hybridized carbons (Fsp3) is 0.391. The van der Waals surface area contributed by atoms with Gasteiger partial charge in [-0.3, -0.25) is 14.5 Å². The van der Waals surface area contributed by atoms with Crippen LogP contribution in [0.15, 0.2) is 40.9 Å². The normalized spacial score (nSPS) is 24.0. The van der Waals surface area contributed by atoms with Gasteiger partial charge in [0.1, 0.15) is 0 Å². The van der Waals surface area contributed by atoms with Crippen molar-refractivity contribution in [1.29, 1.82) is 0 Å². The van der Waals surface area contributed by atoms with Gasteiger partial charge >= 0.3 is 0 Å². The third-order valence-electron chi connectivity index (χ3n) is 6.20. The van der Waals surface area contributed by atoms with Crippen molar-refractivity contribution in [1.82, 2.24) is 4.90 Å². The first-order chi connectivity index (χ1) is 14.5. The molecule has 3 aliphatic heterocycles. The molecular formula is C23H23BrN2O4. The van der Waals surface area contributed by atoms with Gasteiger partial charge in [-0.15, -0.1) is 0 Å². The van der Waals surface area contributed by atoms with E-state index in [1.807, 2.05) is 12.1 Å². The number of amides is 2. The molecule has 6 nitrogen and oxygen atoms in total. The third kappa shape index (κ3) is 3.30. The minimum atomic E-state index is -0.444. The number of hydrogen-bond acceptors (Lipinski definition) is 5. The van der Waals surface area contributed by atoms with E-state index in [2.05, 4.69) is 39.9 Å². The number of imide groups is 1. The van der Waals surface area contributed by atoms with Crippen LogP contribution in [0.4, 0.5) is 5.69 Å². The predicted molar refractivity (Wildman–Crippen MR) is 116 cm³/mol. The second-order valence-corrected chi connectivity index (χ2v) is 8.89. The van der Waals surface area contributed by atoms with Gasteiger partial charge in [0.25, 0.3) is 5.91 Å². The monoisotopic (exact) mass is 470 g/mol. The average Bonchev–Trinajstić information content (AvgIpc) is 2.90. The molecule has 5 rings (SSSR count). The van der Waals surface area contributed by atoms with Crippen molar-refractivity contribution in [2.75, 3.05) is 24.7 Å². The zero-order valence-electron chi connectivity index (χ0n) is 16.8. The molecule has 2 aromatic rings. The zero-order valence-corrected chi connectivity index (χ0v) is 18.4. The Morgan fingerprint density at radius 2 is 1.73 bits per heavy atom. The molecular weight excluding hydrogens is 448 g/mol. The molecule has 30 heavy (non-hydrogen) atoms. The maximum Gasteiger partial charge on any atom is 0.251 e. The lowest BCUT2D eigenvalue weighted by Crippen LogP contribution is -2.46. The van der Waals surface area contributed by atoms with Gasteiger partial charge in [0, 0.05) is 23.5 Å². The number of hydrogen-bond donors (Lipinski definition) is 0. The summed E-state index contributed by atoms with van der Waals surface area (Å²) < 4.78 is 12.6. The number of ether oxygens (including phenoxy) is 2. The van der Waals surface area contributed by atoms with Crippen LogP contribution in [0.2, 0.25) is 0 Å². The molecule has 0 unspecified atom stereocenters. The van der Waals surface area contributed by atoms with Gasteiger partial charge in [0.05, 0.1) is 31.4 Å². The van der Waals surface area contributed by atoms with E-state index >= 15 is 0 Å². The van der Waals surface area contributed by atoms with E-state index < -0.39 is 6.04 Å². The van der Waals surface area contributed by atoms with Gasteiger partial charge < -0.3 is 9.47 Å². The molecule has 0 bridgehead atoms. The lowest BCUT2D eigenvalue weighted by Gasteiger charge is -2.38. The van der Waals surface area contributed by atoms with Crippen LogP contribution in [0.1, 0.15) is 36.9 Å². The van der Waals surface area contributed by atoms with Gasteiger partial charge in [-0.2, -0.15) is 0 Å². The van der Waals surface area contributed by atoms with Crippen LogP contribution in [0.3, 0.4) is 0 Å². The zero-order chi connectivity index (χ0) is 20.8. The van der Waals surface area contributed by atoms with E-state index in [1.165, 1.54) is 10.5 Å². The van der Waals surface area contributed by atoms with Gasteiger partial charge in [-0.25, -0.2) is 4.90 Å². The lowest BCUT2D eigenvalue weighted by atomic mass is 9.91. The summed E-state index contributed by atoms with van der Waals surface area (Å²) in [5, 5.41) is 0. The Bertz CT molecular complexity index is 1010. The molecule has 2 aromatic carbocycles. The fourth-order valence-corrected chi connectivity index (χ4v) is 4.92. The Labute approximate surface area is 183 Å². The van der Waals surface area contributed by atoms with E-state index in [4.69, 9.17) is 9.47 Å². The highest BCUT2D eigenvalue weighted by molar-refractivity contribution is 9.10. The minimum Gasteiger partial charge on any atom is -0.490 e. The number of nitrogens with zero attached hydrogens (tertiary/aromatic N) is 2. The molecule has 0 radical (unpaired) electrons. The predicted octanol–water partition coefficient (Wildman–Crippen LogP) is 3.86. The second kappa shape index (κ2) is 7.71. The van der Waals surface area contributed by atoms with Crippen LogP contribution in [0.5, 0.6) is 11.5 Å². The van der Waals surface area contributed by atoms with Gasteiger partial charge in [0.15, 0.2) is 11.5 Å². The summed E-state index contributed by atoms with van der Waals surface area (Å²) in [6.45, 7) is 4.13. The summed E-state index contributed by atoms with van der Waals surface area (Å²) in [4.78, 5) is 29.5. The smallest absolute Gasteiger partial charge is 0.251 e. The first-order valence-corrected chi connectivity index (χ1v) is 11.1. The summed E-state index contributed by atoms with van der Waals surface area (Å²) in [7, 11) is 0. The van der Waals surface area contributed by atoms with E-state index in [9.17, 15) is 9.59 Å². The molecule has 7 heteroatoms. The van der Waals surface area contributed by atoms with Crippen LogP contribution < -0.4 is 14.4 Å².